The molecule has 3 rings (SSSR count). The number of carbonyl (C=O) groups is 2. The van der Waals surface area contributed by atoms with Crippen molar-refractivity contribution in [2.24, 2.45) is 5.41 Å². The predicted octanol–water partition coefficient (Wildman–Crippen LogP) is 2.38. The van der Waals surface area contributed by atoms with E-state index in [0.29, 0.717) is 24.7 Å². The lowest BCUT2D eigenvalue weighted by atomic mass is 9.90. The van der Waals surface area contributed by atoms with Crippen molar-refractivity contribution < 1.29 is 9.59 Å². The topological polar surface area (TPSA) is 80.1 Å². The van der Waals surface area contributed by atoms with E-state index in [0.717, 1.165) is 45.1 Å². The molecule has 2 fully saturated rings. The summed E-state index contributed by atoms with van der Waals surface area (Å²) >= 11 is 0. The Morgan fingerprint density at radius 2 is 2.00 bits per heavy atom. The number of hydrogen-bond donors (Lipinski definition) is 1. The number of carbonyl (C=O) groups excluding carboxylic acids is 2. The van der Waals surface area contributed by atoms with Crippen molar-refractivity contribution >= 4 is 11.8 Å². The molecule has 1 N–H and O–H groups in total. The lowest BCUT2D eigenvalue weighted by Gasteiger charge is -2.37. The second-order valence-corrected chi connectivity index (χ2v) is 8.88. The predicted molar refractivity (Wildman–Crippen MR) is 98.6 cm³/mol. The highest BCUT2D eigenvalue weighted by molar-refractivity contribution is 5.92. The number of aromatic nitrogens is 3. The Bertz CT molecular complexity index is 645. The Kier molecular flexibility index (Phi) is 5.63. The van der Waals surface area contributed by atoms with Gasteiger partial charge < -0.3 is 10.2 Å². The first-order valence-corrected chi connectivity index (χ1v) is 9.82. The summed E-state index contributed by atoms with van der Waals surface area (Å²) in [7, 11) is 0. The highest BCUT2D eigenvalue weighted by Gasteiger charge is 2.29. The molecule has 2 heterocycles. The zero-order valence-electron chi connectivity index (χ0n) is 16.2. The summed E-state index contributed by atoms with van der Waals surface area (Å²) in [5.74, 6) is 0.115. The molecule has 2 amide bonds. The normalized spacial score (nSPS) is 20.9. The van der Waals surface area contributed by atoms with Crippen LogP contribution in [-0.4, -0.2) is 50.3 Å². The van der Waals surface area contributed by atoms with Crippen LogP contribution in [0.15, 0.2) is 6.20 Å². The highest BCUT2D eigenvalue weighted by atomic mass is 16.2. The van der Waals surface area contributed by atoms with Gasteiger partial charge in [-0.2, -0.15) is 0 Å². The van der Waals surface area contributed by atoms with Gasteiger partial charge in [0.15, 0.2) is 5.69 Å². The number of piperidine rings is 1. The van der Waals surface area contributed by atoms with Gasteiger partial charge in [0.1, 0.15) is 0 Å². The molecule has 1 aliphatic heterocycles. The van der Waals surface area contributed by atoms with Crippen molar-refractivity contribution in [1.82, 2.24) is 25.2 Å². The minimum absolute atomic E-state index is 0.00873. The SMILES string of the molecule is CC(C)(C)CC(=O)N1CCCCC1CCn1cc(C(=O)NC2CC2)nn1. The Morgan fingerprint density at radius 1 is 1.23 bits per heavy atom. The molecule has 0 spiro atoms. The summed E-state index contributed by atoms with van der Waals surface area (Å²) in [5.41, 5.74) is 0.385. The van der Waals surface area contributed by atoms with E-state index < -0.39 is 0 Å². The molecule has 0 bridgehead atoms. The van der Waals surface area contributed by atoms with Gasteiger partial charge in [0.2, 0.25) is 5.91 Å². The van der Waals surface area contributed by atoms with Crippen molar-refractivity contribution in [2.45, 2.75) is 84.3 Å². The standard InChI is InChI=1S/C19H31N5O2/c1-19(2,3)12-17(25)24-10-5-4-6-15(24)9-11-23-13-16(21-22-23)18(26)20-14-7-8-14/h13-15H,4-12H2,1-3H3,(H,20,26). The van der Waals surface area contributed by atoms with Crippen molar-refractivity contribution in [3.8, 4) is 0 Å². The summed E-state index contributed by atoms with van der Waals surface area (Å²) in [5, 5.41) is 11.0. The van der Waals surface area contributed by atoms with Crippen LogP contribution in [0.4, 0.5) is 0 Å². The molecule has 1 aromatic heterocycles. The summed E-state index contributed by atoms with van der Waals surface area (Å²) in [6.07, 6.45) is 8.54. The third kappa shape index (κ3) is 5.29. The third-order valence-electron chi connectivity index (χ3n) is 5.00. The van der Waals surface area contributed by atoms with Crippen LogP contribution in [0.3, 0.4) is 0 Å². The maximum Gasteiger partial charge on any atom is 0.273 e. The molecule has 0 radical (unpaired) electrons. The molecule has 1 saturated heterocycles. The number of rotatable bonds is 6. The van der Waals surface area contributed by atoms with E-state index >= 15 is 0 Å². The molecule has 144 valence electrons. The van der Waals surface area contributed by atoms with Gasteiger partial charge in [0, 0.05) is 31.6 Å². The summed E-state index contributed by atoms with van der Waals surface area (Å²) in [4.78, 5) is 26.7. The fourth-order valence-corrected chi connectivity index (χ4v) is 3.46. The number of nitrogens with zero attached hydrogens (tertiary/aromatic N) is 4. The van der Waals surface area contributed by atoms with Gasteiger partial charge in [-0.3, -0.25) is 14.3 Å². The molecule has 1 atom stereocenters. The maximum atomic E-state index is 12.7. The quantitative estimate of drug-likeness (QED) is 0.843. The fourth-order valence-electron chi connectivity index (χ4n) is 3.46. The molecule has 2 aliphatic rings. The smallest absolute Gasteiger partial charge is 0.273 e. The fraction of sp³-hybridized carbons (Fsp3) is 0.789. The van der Waals surface area contributed by atoms with Gasteiger partial charge in [-0.15, -0.1) is 5.10 Å². The average Bonchev–Trinajstić information content (AvgIpc) is 3.25. The van der Waals surface area contributed by atoms with Crippen molar-refractivity contribution in [1.29, 1.82) is 0 Å². The first-order valence-electron chi connectivity index (χ1n) is 9.82. The Hall–Kier alpha value is -1.92. The summed E-state index contributed by atoms with van der Waals surface area (Å²) in [6, 6.07) is 0.573. The van der Waals surface area contributed by atoms with Crippen LogP contribution in [0.1, 0.15) is 76.2 Å². The molecule has 1 unspecified atom stereocenters. The Morgan fingerprint density at radius 3 is 2.69 bits per heavy atom. The number of nitrogens with one attached hydrogen (secondary N) is 1. The Labute approximate surface area is 155 Å². The number of aryl methyl sites for hydroxylation is 1. The maximum absolute atomic E-state index is 12.7. The molecule has 0 aromatic carbocycles. The summed E-state index contributed by atoms with van der Waals surface area (Å²) < 4.78 is 1.73. The van der Waals surface area contributed by atoms with E-state index in [-0.39, 0.29) is 23.3 Å². The van der Waals surface area contributed by atoms with E-state index in [4.69, 9.17) is 0 Å². The van der Waals surface area contributed by atoms with Gasteiger partial charge in [-0.05, 0) is 43.9 Å². The second-order valence-electron chi connectivity index (χ2n) is 8.88. The molecule has 1 saturated carbocycles. The van der Waals surface area contributed by atoms with Gasteiger partial charge in [-0.25, -0.2) is 0 Å². The third-order valence-corrected chi connectivity index (χ3v) is 5.00. The largest absolute Gasteiger partial charge is 0.348 e. The average molecular weight is 361 g/mol. The van der Waals surface area contributed by atoms with E-state index in [1.165, 1.54) is 0 Å². The van der Waals surface area contributed by atoms with Crippen molar-refractivity contribution in [2.75, 3.05) is 6.54 Å². The van der Waals surface area contributed by atoms with E-state index in [1.54, 1.807) is 10.9 Å². The Balaban J connectivity index is 1.54. The van der Waals surface area contributed by atoms with Crippen LogP contribution in [0, 0.1) is 5.41 Å². The molecule has 7 nitrogen and oxygen atoms in total. The van der Waals surface area contributed by atoms with Crippen LogP contribution in [0.2, 0.25) is 0 Å². The number of likely N-dealkylation sites (tertiary alicyclic amines) is 1. The van der Waals surface area contributed by atoms with Crippen LogP contribution in [0.5, 0.6) is 0 Å². The van der Waals surface area contributed by atoms with Gasteiger partial charge in [0.05, 0.1) is 6.20 Å². The van der Waals surface area contributed by atoms with Crippen LogP contribution >= 0.6 is 0 Å². The minimum atomic E-state index is -0.140. The van der Waals surface area contributed by atoms with Gasteiger partial charge >= 0.3 is 0 Å². The lowest BCUT2D eigenvalue weighted by molar-refractivity contribution is -0.137. The zero-order chi connectivity index (χ0) is 18.7. The van der Waals surface area contributed by atoms with Crippen LogP contribution in [-0.2, 0) is 11.3 Å². The van der Waals surface area contributed by atoms with Crippen LogP contribution in [0.25, 0.3) is 0 Å². The first-order chi connectivity index (χ1) is 12.3. The van der Waals surface area contributed by atoms with E-state index in [9.17, 15) is 9.59 Å². The van der Waals surface area contributed by atoms with Gasteiger partial charge in [-0.1, -0.05) is 26.0 Å². The lowest BCUT2D eigenvalue weighted by Crippen LogP contribution is -2.45. The molecular formula is C19H31N5O2. The monoisotopic (exact) mass is 361 g/mol. The van der Waals surface area contributed by atoms with Gasteiger partial charge in [0.25, 0.3) is 5.91 Å². The number of amides is 2. The van der Waals surface area contributed by atoms with E-state index in [2.05, 4.69) is 41.3 Å². The van der Waals surface area contributed by atoms with Crippen molar-refractivity contribution in [3.63, 3.8) is 0 Å². The molecule has 7 heteroatoms. The first kappa shape index (κ1) is 18.9. The van der Waals surface area contributed by atoms with E-state index in [1.807, 2.05) is 0 Å². The van der Waals surface area contributed by atoms with Crippen LogP contribution < -0.4 is 5.32 Å². The molecular weight excluding hydrogens is 330 g/mol. The molecule has 26 heavy (non-hydrogen) atoms. The second kappa shape index (κ2) is 7.76. The zero-order valence-corrected chi connectivity index (χ0v) is 16.2. The summed E-state index contributed by atoms with van der Waals surface area (Å²) in [6.45, 7) is 7.84. The highest BCUT2D eigenvalue weighted by Crippen LogP contribution is 2.26. The molecule has 1 aromatic rings. The number of hydrogen-bond acceptors (Lipinski definition) is 4. The molecule has 1 aliphatic carbocycles. The van der Waals surface area contributed by atoms with Crippen molar-refractivity contribution in [3.05, 3.63) is 11.9 Å². The minimum Gasteiger partial charge on any atom is -0.348 e.